The second-order valence-electron chi connectivity index (χ2n) is 7.71. The molecule has 4 heteroatoms. The van der Waals surface area contributed by atoms with Crippen LogP contribution in [0.25, 0.3) is 0 Å². The average molecular weight is 314 g/mol. The molecule has 3 rings (SSSR count). The molecular formula is C17H30ClN2O+. The van der Waals surface area contributed by atoms with Crippen LogP contribution in [0.15, 0.2) is 0 Å². The molecule has 1 saturated carbocycles. The predicted octanol–water partition coefficient (Wildman–Crippen LogP) is 1.70. The van der Waals surface area contributed by atoms with Crippen molar-refractivity contribution in [3.63, 3.8) is 0 Å². The van der Waals surface area contributed by atoms with Crippen molar-refractivity contribution in [2.24, 2.45) is 11.8 Å². The Balaban J connectivity index is 1.59. The molecule has 21 heavy (non-hydrogen) atoms. The summed E-state index contributed by atoms with van der Waals surface area (Å²) in [6, 6.07) is 0.605. The fourth-order valence-electron chi connectivity index (χ4n) is 4.60. The summed E-state index contributed by atoms with van der Waals surface area (Å²) in [5.41, 5.74) is 0. The van der Waals surface area contributed by atoms with Gasteiger partial charge < -0.3 is 4.90 Å². The highest BCUT2D eigenvalue weighted by atomic mass is 35.5. The highest BCUT2D eigenvalue weighted by Crippen LogP contribution is 2.28. The number of halogens is 1. The van der Waals surface area contributed by atoms with Crippen molar-refractivity contribution in [2.75, 3.05) is 19.6 Å². The van der Waals surface area contributed by atoms with Crippen LogP contribution in [-0.4, -0.2) is 47.9 Å². The molecule has 3 fully saturated rings. The van der Waals surface area contributed by atoms with Gasteiger partial charge in [0.05, 0.1) is 12.6 Å². The Morgan fingerprint density at radius 2 is 1.90 bits per heavy atom. The highest BCUT2D eigenvalue weighted by Gasteiger charge is 2.45. The standard InChI is InChI=1S/C17H29ClN2O/c1-12-7-8-19-10-13(2)20(17(19)9-12)11-16(21)14-3-5-15(18)6-4-14/h12-15,17H,3-11H2,1-2H3/p+1. The summed E-state index contributed by atoms with van der Waals surface area (Å²) >= 11 is 6.16. The molecule has 0 amide bonds. The zero-order valence-electron chi connectivity index (χ0n) is 13.5. The first-order chi connectivity index (χ1) is 10.0. The van der Waals surface area contributed by atoms with Gasteiger partial charge in [-0.25, -0.2) is 4.90 Å². The van der Waals surface area contributed by atoms with E-state index in [1.165, 1.54) is 25.9 Å². The lowest BCUT2D eigenvalue weighted by atomic mass is 9.85. The first-order valence-corrected chi connectivity index (χ1v) is 9.24. The third-order valence-electron chi connectivity index (χ3n) is 6.04. The van der Waals surface area contributed by atoms with Gasteiger partial charge in [0.15, 0.2) is 5.78 Å². The molecule has 0 radical (unpaired) electrons. The van der Waals surface area contributed by atoms with Crippen molar-refractivity contribution < 1.29 is 9.69 Å². The number of hydrogen-bond acceptors (Lipinski definition) is 2. The van der Waals surface area contributed by atoms with E-state index < -0.39 is 0 Å². The van der Waals surface area contributed by atoms with Gasteiger partial charge in [-0.05, 0) is 44.9 Å². The van der Waals surface area contributed by atoms with Gasteiger partial charge in [-0.3, -0.25) is 4.79 Å². The van der Waals surface area contributed by atoms with E-state index in [-0.39, 0.29) is 5.92 Å². The number of ketones is 1. The molecule has 2 saturated heterocycles. The van der Waals surface area contributed by atoms with Crippen LogP contribution >= 0.6 is 11.6 Å². The van der Waals surface area contributed by atoms with Crippen molar-refractivity contribution in [1.29, 1.82) is 0 Å². The van der Waals surface area contributed by atoms with Crippen molar-refractivity contribution in [3.05, 3.63) is 0 Å². The fraction of sp³-hybridized carbons (Fsp3) is 0.941. The number of carbonyl (C=O) groups is 1. The van der Waals surface area contributed by atoms with E-state index in [0.29, 0.717) is 23.4 Å². The van der Waals surface area contributed by atoms with Gasteiger partial charge in [0.1, 0.15) is 12.7 Å². The highest BCUT2D eigenvalue weighted by molar-refractivity contribution is 6.20. The molecular weight excluding hydrogens is 284 g/mol. The van der Waals surface area contributed by atoms with Crippen molar-refractivity contribution >= 4 is 17.4 Å². The second-order valence-corrected chi connectivity index (χ2v) is 8.33. The number of nitrogens with one attached hydrogen (secondary N) is 1. The van der Waals surface area contributed by atoms with Gasteiger partial charge in [0, 0.05) is 24.3 Å². The topological polar surface area (TPSA) is 24.8 Å². The minimum Gasteiger partial charge on any atom is -0.310 e. The van der Waals surface area contributed by atoms with Gasteiger partial charge in [-0.15, -0.1) is 11.6 Å². The van der Waals surface area contributed by atoms with Crippen LogP contribution in [0.4, 0.5) is 0 Å². The third kappa shape index (κ3) is 3.46. The monoisotopic (exact) mass is 313 g/mol. The maximum Gasteiger partial charge on any atom is 0.189 e. The van der Waals surface area contributed by atoms with Gasteiger partial charge in [-0.1, -0.05) is 6.92 Å². The van der Waals surface area contributed by atoms with Crippen LogP contribution in [0, 0.1) is 11.8 Å². The van der Waals surface area contributed by atoms with Crippen LogP contribution in [-0.2, 0) is 4.79 Å². The number of rotatable bonds is 3. The second kappa shape index (κ2) is 6.55. The maximum atomic E-state index is 12.7. The summed E-state index contributed by atoms with van der Waals surface area (Å²) in [7, 11) is 0. The van der Waals surface area contributed by atoms with E-state index >= 15 is 0 Å². The molecule has 0 spiro atoms. The average Bonchev–Trinajstić information content (AvgIpc) is 2.76. The van der Waals surface area contributed by atoms with Crippen molar-refractivity contribution in [1.82, 2.24) is 4.90 Å². The number of Topliss-reactive ketones (excluding diaryl/α,β-unsaturated/α-hetero) is 1. The molecule has 3 aliphatic rings. The Morgan fingerprint density at radius 3 is 2.62 bits per heavy atom. The molecule has 0 aromatic heterocycles. The Kier molecular flexibility index (Phi) is 4.92. The van der Waals surface area contributed by atoms with E-state index in [9.17, 15) is 4.79 Å². The lowest BCUT2D eigenvalue weighted by molar-refractivity contribution is -0.933. The SMILES string of the molecule is CC1CCN2CC(C)[NH+](CC(=O)C3CCC(Cl)CC3)C2C1. The normalized spacial score (nSPS) is 44.5. The van der Waals surface area contributed by atoms with E-state index in [4.69, 9.17) is 11.6 Å². The molecule has 0 bridgehead atoms. The third-order valence-corrected chi connectivity index (χ3v) is 6.47. The number of nitrogens with zero attached hydrogens (tertiary/aromatic N) is 1. The zero-order valence-corrected chi connectivity index (χ0v) is 14.2. The molecule has 0 aromatic rings. The Bertz CT molecular complexity index is 381. The number of quaternary nitrogens is 1. The Morgan fingerprint density at radius 1 is 1.19 bits per heavy atom. The summed E-state index contributed by atoms with van der Waals surface area (Å²) in [5.74, 6) is 1.60. The van der Waals surface area contributed by atoms with Gasteiger partial charge >= 0.3 is 0 Å². The van der Waals surface area contributed by atoms with Crippen LogP contribution in [0.5, 0.6) is 0 Å². The molecule has 120 valence electrons. The molecule has 4 unspecified atom stereocenters. The van der Waals surface area contributed by atoms with Crippen molar-refractivity contribution in [3.8, 4) is 0 Å². The van der Waals surface area contributed by atoms with Gasteiger partial charge in [0.25, 0.3) is 0 Å². The first kappa shape index (κ1) is 15.8. The number of hydrogen-bond donors (Lipinski definition) is 1. The summed E-state index contributed by atoms with van der Waals surface area (Å²) < 4.78 is 0. The van der Waals surface area contributed by atoms with Crippen LogP contribution in [0.2, 0.25) is 0 Å². The number of carbonyl (C=O) groups excluding carboxylic acids is 1. The van der Waals surface area contributed by atoms with E-state index in [2.05, 4.69) is 18.7 Å². The molecule has 2 heterocycles. The predicted molar refractivity (Wildman–Crippen MR) is 85.7 cm³/mol. The molecule has 1 aliphatic carbocycles. The molecule has 1 N–H and O–H groups in total. The zero-order chi connectivity index (χ0) is 15.0. The summed E-state index contributed by atoms with van der Waals surface area (Å²) in [6.45, 7) is 7.83. The molecule has 0 aromatic carbocycles. The van der Waals surface area contributed by atoms with E-state index in [1.807, 2.05) is 0 Å². The summed E-state index contributed by atoms with van der Waals surface area (Å²) in [4.78, 5) is 16.8. The first-order valence-electron chi connectivity index (χ1n) is 8.81. The molecule has 2 aliphatic heterocycles. The largest absolute Gasteiger partial charge is 0.310 e. The minimum absolute atomic E-state index is 0.287. The van der Waals surface area contributed by atoms with Crippen LogP contribution in [0.3, 0.4) is 0 Å². The molecule has 4 atom stereocenters. The van der Waals surface area contributed by atoms with Crippen LogP contribution < -0.4 is 4.90 Å². The quantitative estimate of drug-likeness (QED) is 0.802. The van der Waals surface area contributed by atoms with Crippen molar-refractivity contribution in [2.45, 2.75) is 70.0 Å². The van der Waals surface area contributed by atoms with Gasteiger partial charge in [-0.2, -0.15) is 0 Å². The fourth-order valence-corrected chi connectivity index (χ4v) is 4.86. The Labute approximate surface area is 134 Å². The van der Waals surface area contributed by atoms with E-state index in [0.717, 1.165) is 38.1 Å². The summed E-state index contributed by atoms with van der Waals surface area (Å²) in [5, 5.41) is 0.307. The Hall–Kier alpha value is -0.120. The van der Waals surface area contributed by atoms with Gasteiger partial charge in [0.2, 0.25) is 0 Å². The lowest BCUT2D eigenvalue weighted by Crippen LogP contribution is -3.18. The smallest absolute Gasteiger partial charge is 0.189 e. The number of alkyl halides is 1. The maximum absolute atomic E-state index is 12.7. The molecule has 3 nitrogen and oxygen atoms in total. The number of fused-ring (bicyclic) bond motifs is 1. The minimum atomic E-state index is 0.287. The van der Waals surface area contributed by atoms with Crippen LogP contribution in [0.1, 0.15) is 52.4 Å². The van der Waals surface area contributed by atoms with E-state index in [1.54, 1.807) is 4.90 Å². The summed E-state index contributed by atoms with van der Waals surface area (Å²) in [6.07, 6.45) is 7.26. The number of piperidine rings is 1. The lowest BCUT2D eigenvalue weighted by Gasteiger charge is -2.35.